The highest BCUT2D eigenvalue weighted by Crippen LogP contribution is 2.24. The molecule has 18 heavy (non-hydrogen) atoms. The van der Waals surface area contributed by atoms with Crippen LogP contribution >= 0.6 is 0 Å². The van der Waals surface area contributed by atoms with Crippen LogP contribution in [0.2, 0.25) is 0 Å². The molecule has 1 aromatic rings. The summed E-state index contributed by atoms with van der Waals surface area (Å²) in [6.45, 7) is -1.35. The van der Waals surface area contributed by atoms with Crippen LogP contribution in [0.5, 0.6) is 0 Å². The topological polar surface area (TPSA) is 127 Å². The smallest absolute Gasteiger partial charge is 0.303 e. The summed E-state index contributed by atoms with van der Waals surface area (Å²) in [5, 5.41) is 28.1. The van der Waals surface area contributed by atoms with Crippen molar-refractivity contribution in [3.8, 4) is 0 Å². The lowest BCUT2D eigenvalue weighted by Gasteiger charge is -2.08. The molecule has 0 aliphatic rings. The summed E-state index contributed by atoms with van der Waals surface area (Å²) in [5.74, 6) is 0. The van der Waals surface area contributed by atoms with Crippen molar-refractivity contribution in [3.63, 3.8) is 0 Å². The number of benzene rings is 1. The second kappa shape index (κ2) is 5.87. The van der Waals surface area contributed by atoms with Crippen molar-refractivity contribution in [3.05, 3.63) is 34.4 Å². The van der Waals surface area contributed by atoms with E-state index in [1.807, 2.05) is 0 Å². The van der Waals surface area contributed by atoms with Crippen LogP contribution in [0.25, 0.3) is 0 Å². The maximum Gasteiger partial charge on any atom is 0.303 e. The van der Waals surface area contributed by atoms with E-state index in [1.165, 1.54) is 12.1 Å². The lowest BCUT2D eigenvalue weighted by Crippen LogP contribution is -2.22. The highest BCUT2D eigenvalue weighted by atomic mass is 32.2. The monoisotopic (exact) mass is 277 g/mol. The number of aliphatic hydroxyl groups is 2. The average molecular weight is 277 g/mol. The second-order valence-electron chi connectivity index (χ2n) is 3.30. The van der Waals surface area contributed by atoms with E-state index in [-0.39, 0.29) is 0 Å². The number of nitrogens with zero attached hydrogens (tertiary/aromatic N) is 1. The van der Waals surface area contributed by atoms with Crippen molar-refractivity contribution in [2.45, 2.75) is 11.0 Å². The average Bonchev–Trinajstić information content (AvgIpc) is 2.36. The molecule has 9 heteroatoms. The molecule has 0 heterocycles. The van der Waals surface area contributed by atoms with Crippen molar-refractivity contribution in [2.75, 3.05) is 13.2 Å². The first-order valence-corrected chi connectivity index (χ1v) is 6.21. The lowest BCUT2D eigenvalue weighted by molar-refractivity contribution is -0.387. The third-order valence-electron chi connectivity index (χ3n) is 1.96. The maximum atomic E-state index is 11.7. The Bertz CT molecular complexity index is 527. The van der Waals surface area contributed by atoms with Crippen LogP contribution in [0.15, 0.2) is 29.2 Å². The number of aliphatic hydroxyl groups excluding tert-OH is 2. The predicted molar refractivity (Wildman–Crippen MR) is 59.3 cm³/mol. The van der Waals surface area contributed by atoms with E-state index in [4.69, 9.17) is 10.2 Å². The van der Waals surface area contributed by atoms with Crippen LogP contribution in [0.3, 0.4) is 0 Å². The summed E-state index contributed by atoms with van der Waals surface area (Å²) >= 11 is 0. The molecule has 0 aliphatic carbocycles. The summed E-state index contributed by atoms with van der Waals surface area (Å²) in [4.78, 5) is 9.21. The van der Waals surface area contributed by atoms with E-state index < -0.39 is 44.9 Å². The van der Waals surface area contributed by atoms with E-state index >= 15 is 0 Å². The highest BCUT2D eigenvalue weighted by Gasteiger charge is 2.26. The quantitative estimate of drug-likeness (QED) is 0.413. The van der Waals surface area contributed by atoms with Crippen LogP contribution in [0.1, 0.15) is 0 Å². The predicted octanol–water partition coefficient (Wildman–Crippen LogP) is -0.347. The van der Waals surface area contributed by atoms with Crippen molar-refractivity contribution in [1.29, 1.82) is 0 Å². The zero-order chi connectivity index (χ0) is 13.8. The summed E-state index contributed by atoms with van der Waals surface area (Å²) in [6, 6.07) is 4.68. The number of hydrogen-bond donors (Lipinski definition) is 2. The Morgan fingerprint density at radius 3 is 2.56 bits per heavy atom. The highest BCUT2D eigenvalue weighted by molar-refractivity contribution is 7.87. The molecule has 0 bridgehead atoms. The Morgan fingerprint density at radius 2 is 2.00 bits per heavy atom. The SMILES string of the molecule is O=[N+]([O-])c1ccccc1S(=O)(=O)OCC(O)CO. The first-order valence-electron chi connectivity index (χ1n) is 4.80. The van der Waals surface area contributed by atoms with Crippen LogP contribution in [-0.2, 0) is 14.3 Å². The largest absolute Gasteiger partial charge is 0.394 e. The zero-order valence-corrected chi connectivity index (χ0v) is 9.91. The number of nitro benzene ring substituents is 1. The van der Waals surface area contributed by atoms with E-state index in [2.05, 4.69) is 4.18 Å². The van der Waals surface area contributed by atoms with E-state index in [9.17, 15) is 18.5 Å². The van der Waals surface area contributed by atoms with Gasteiger partial charge in [0.1, 0.15) is 6.10 Å². The molecule has 0 saturated carbocycles. The molecule has 2 N–H and O–H groups in total. The van der Waals surface area contributed by atoms with Gasteiger partial charge >= 0.3 is 10.1 Å². The molecule has 0 amide bonds. The van der Waals surface area contributed by atoms with Crippen LogP contribution < -0.4 is 0 Å². The van der Waals surface area contributed by atoms with Gasteiger partial charge < -0.3 is 10.2 Å². The molecule has 0 aliphatic heterocycles. The fraction of sp³-hybridized carbons (Fsp3) is 0.333. The lowest BCUT2D eigenvalue weighted by atomic mass is 10.3. The minimum Gasteiger partial charge on any atom is -0.394 e. The zero-order valence-electron chi connectivity index (χ0n) is 9.09. The van der Waals surface area contributed by atoms with Gasteiger partial charge in [-0.2, -0.15) is 8.42 Å². The molecule has 0 spiro atoms. The molecule has 0 aromatic heterocycles. The molecule has 8 nitrogen and oxygen atoms in total. The fourth-order valence-electron chi connectivity index (χ4n) is 1.10. The first kappa shape index (κ1) is 14.5. The van der Waals surface area contributed by atoms with E-state index in [0.717, 1.165) is 12.1 Å². The Morgan fingerprint density at radius 1 is 1.39 bits per heavy atom. The molecule has 100 valence electrons. The molecule has 1 unspecified atom stereocenters. The maximum absolute atomic E-state index is 11.7. The molecule has 1 atom stereocenters. The fourth-order valence-corrected chi connectivity index (χ4v) is 2.21. The molecule has 0 fully saturated rings. The van der Waals surface area contributed by atoms with Crippen molar-refractivity contribution < 1.29 is 27.7 Å². The van der Waals surface area contributed by atoms with Gasteiger partial charge in [-0.15, -0.1) is 0 Å². The molecule has 1 aromatic carbocycles. The van der Waals surface area contributed by atoms with Gasteiger partial charge in [0.2, 0.25) is 0 Å². The number of rotatable bonds is 6. The van der Waals surface area contributed by atoms with Gasteiger partial charge in [-0.05, 0) is 6.07 Å². The summed E-state index contributed by atoms with van der Waals surface area (Å²) in [6.07, 6.45) is -1.37. The molecular formula is C9H11NO7S. The summed E-state index contributed by atoms with van der Waals surface area (Å²) in [7, 11) is -4.35. The van der Waals surface area contributed by atoms with Crippen LogP contribution in [0, 0.1) is 10.1 Å². The van der Waals surface area contributed by atoms with Gasteiger partial charge in [0.05, 0.1) is 18.1 Å². The van der Waals surface area contributed by atoms with Gasteiger partial charge in [-0.3, -0.25) is 14.3 Å². The third-order valence-corrected chi connectivity index (χ3v) is 3.29. The molecule has 0 saturated heterocycles. The standard InChI is InChI=1S/C9H11NO7S/c11-5-7(12)6-17-18(15,16)9-4-2-1-3-8(9)10(13)14/h1-4,7,11-12H,5-6H2. The number of hydrogen-bond acceptors (Lipinski definition) is 7. The van der Waals surface area contributed by atoms with Crippen LogP contribution in [-0.4, -0.2) is 42.9 Å². The Labute approximate surface area is 103 Å². The first-order chi connectivity index (χ1) is 8.38. The third kappa shape index (κ3) is 3.47. The number of nitro groups is 1. The van der Waals surface area contributed by atoms with Crippen molar-refractivity contribution in [1.82, 2.24) is 0 Å². The van der Waals surface area contributed by atoms with Crippen molar-refractivity contribution >= 4 is 15.8 Å². The second-order valence-corrected chi connectivity index (χ2v) is 4.88. The Kier molecular flexibility index (Phi) is 4.73. The summed E-state index contributed by atoms with van der Waals surface area (Å²) in [5.41, 5.74) is -0.615. The molecule has 0 radical (unpaired) electrons. The van der Waals surface area contributed by atoms with Gasteiger partial charge in [0, 0.05) is 6.07 Å². The minimum atomic E-state index is -4.35. The Hall–Kier alpha value is -1.55. The normalized spacial score (nSPS) is 13.2. The summed E-state index contributed by atoms with van der Waals surface area (Å²) < 4.78 is 27.7. The van der Waals surface area contributed by atoms with Gasteiger partial charge in [-0.25, -0.2) is 0 Å². The van der Waals surface area contributed by atoms with E-state index in [1.54, 1.807) is 0 Å². The molecule has 1 rings (SSSR count). The van der Waals surface area contributed by atoms with Crippen LogP contribution in [0.4, 0.5) is 5.69 Å². The van der Waals surface area contributed by atoms with Gasteiger partial charge in [0.25, 0.3) is 5.69 Å². The molecular weight excluding hydrogens is 266 g/mol. The van der Waals surface area contributed by atoms with Crippen molar-refractivity contribution in [2.24, 2.45) is 0 Å². The van der Waals surface area contributed by atoms with E-state index in [0.29, 0.717) is 0 Å². The van der Waals surface area contributed by atoms with Gasteiger partial charge in [0.15, 0.2) is 4.90 Å². The van der Waals surface area contributed by atoms with Gasteiger partial charge in [-0.1, -0.05) is 12.1 Å². The minimum absolute atomic E-state index is 0.597. The number of para-hydroxylation sites is 1. The Balaban J connectivity index is 3.02.